The van der Waals surface area contributed by atoms with Gasteiger partial charge in [0.2, 0.25) is 10.0 Å². The van der Waals surface area contributed by atoms with E-state index in [-0.39, 0.29) is 48.8 Å². The van der Waals surface area contributed by atoms with Crippen molar-refractivity contribution >= 4 is 27.7 Å². The summed E-state index contributed by atoms with van der Waals surface area (Å²) in [6.45, 7) is 1.29. The minimum Gasteiger partial charge on any atom is -0.465 e. The van der Waals surface area contributed by atoms with Crippen molar-refractivity contribution in [2.24, 2.45) is 5.92 Å². The Morgan fingerprint density at radius 3 is 2.35 bits per heavy atom. The van der Waals surface area contributed by atoms with Crippen molar-refractivity contribution in [3.63, 3.8) is 0 Å². The smallest absolute Gasteiger partial charge is 0.339 e. The molecule has 1 aromatic carbocycles. The molecule has 2 rings (SSSR count). The number of sulfonamides is 1. The molecule has 0 bridgehead atoms. The predicted molar refractivity (Wildman–Crippen MR) is 90.9 cm³/mol. The highest BCUT2D eigenvalue weighted by molar-refractivity contribution is 7.89. The SMILES string of the molecule is COC(=O)c1ccccc1S(=O)(=O)N1CCC(C(=O)OCC(C)=O)CC1. The van der Waals surface area contributed by atoms with Gasteiger partial charge in [0.1, 0.15) is 6.61 Å². The molecule has 1 aliphatic rings. The molecule has 0 atom stereocenters. The summed E-state index contributed by atoms with van der Waals surface area (Å²) in [5.74, 6) is -1.92. The van der Waals surface area contributed by atoms with E-state index < -0.39 is 27.9 Å². The van der Waals surface area contributed by atoms with Gasteiger partial charge in [-0.15, -0.1) is 0 Å². The molecule has 9 heteroatoms. The van der Waals surface area contributed by atoms with Crippen LogP contribution in [-0.4, -0.2) is 57.3 Å². The van der Waals surface area contributed by atoms with Gasteiger partial charge >= 0.3 is 11.9 Å². The van der Waals surface area contributed by atoms with Crippen LogP contribution in [0.4, 0.5) is 0 Å². The van der Waals surface area contributed by atoms with Crippen LogP contribution >= 0.6 is 0 Å². The van der Waals surface area contributed by atoms with Gasteiger partial charge in [-0.1, -0.05) is 12.1 Å². The lowest BCUT2D eigenvalue weighted by molar-refractivity contribution is -0.152. The molecule has 0 aliphatic carbocycles. The summed E-state index contributed by atoms with van der Waals surface area (Å²) in [5.41, 5.74) is -0.0296. The average Bonchev–Trinajstić information content (AvgIpc) is 2.65. The first-order chi connectivity index (χ1) is 12.3. The van der Waals surface area contributed by atoms with E-state index >= 15 is 0 Å². The van der Waals surface area contributed by atoms with E-state index in [4.69, 9.17) is 4.74 Å². The topological polar surface area (TPSA) is 107 Å². The highest BCUT2D eigenvalue weighted by Gasteiger charge is 2.34. The summed E-state index contributed by atoms with van der Waals surface area (Å²) in [6, 6.07) is 5.84. The zero-order chi connectivity index (χ0) is 19.3. The number of rotatable bonds is 6. The second-order valence-electron chi connectivity index (χ2n) is 5.98. The van der Waals surface area contributed by atoms with Gasteiger partial charge in [-0.05, 0) is 31.9 Å². The van der Waals surface area contributed by atoms with Crippen LogP contribution in [0.5, 0.6) is 0 Å². The number of benzene rings is 1. The van der Waals surface area contributed by atoms with Crippen molar-refractivity contribution in [1.29, 1.82) is 0 Å². The molecule has 0 N–H and O–H groups in total. The Morgan fingerprint density at radius 2 is 1.77 bits per heavy atom. The van der Waals surface area contributed by atoms with Gasteiger partial charge in [-0.25, -0.2) is 13.2 Å². The molecule has 0 aromatic heterocycles. The lowest BCUT2D eigenvalue weighted by Crippen LogP contribution is -2.41. The van der Waals surface area contributed by atoms with Crippen LogP contribution < -0.4 is 0 Å². The largest absolute Gasteiger partial charge is 0.465 e. The molecule has 26 heavy (non-hydrogen) atoms. The summed E-state index contributed by atoms with van der Waals surface area (Å²) in [4.78, 5) is 34.5. The second-order valence-corrected chi connectivity index (χ2v) is 7.88. The number of hydrogen-bond donors (Lipinski definition) is 0. The van der Waals surface area contributed by atoms with E-state index in [0.29, 0.717) is 0 Å². The third-order valence-electron chi connectivity index (χ3n) is 4.12. The standard InChI is InChI=1S/C17H21NO7S/c1-12(19)11-25-16(20)13-7-9-18(10-8-13)26(22,23)15-6-4-3-5-14(15)17(21)24-2/h3-6,13H,7-11H2,1-2H3. The van der Waals surface area contributed by atoms with E-state index in [1.165, 1.54) is 36.5 Å². The number of carbonyl (C=O) groups is 3. The van der Waals surface area contributed by atoms with Gasteiger partial charge in [0.05, 0.1) is 23.5 Å². The van der Waals surface area contributed by atoms with E-state index in [9.17, 15) is 22.8 Å². The van der Waals surface area contributed by atoms with E-state index in [1.54, 1.807) is 6.07 Å². The summed E-state index contributed by atoms with van der Waals surface area (Å²) in [7, 11) is -2.71. The summed E-state index contributed by atoms with van der Waals surface area (Å²) in [6.07, 6.45) is 0.576. The van der Waals surface area contributed by atoms with Crippen molar-refractivity contribution < 1.29 is 32.3 Å². The Morgan fingerprint density at radius 1 is 1.15 bits per heavy atom. The van der Waals surface area contributed by atoms with Crippen molar-refractivity contribution in [2.75, 3.05) is 26.8 Å². The summed E-state index contributed by atoms with van der Waals surface area (Å²) in [5, 5.41) is 0. The minimum absolute atomic E-state index is 0.0296. The van der Waals surface area contributed by atoms with E-state index in [0.717, 1.165) is 0 Å². The first-order valence-electron chi connectivity index (χ1n) is 8.11. The molecular weight excluding hydrogens is 362 g/mol. The van der Waals surface area contributed by atoms with Crippen LogP contribution in [0, 0.1) is 5.92 Å². The third-order valence-corrected chi connectivity index (χ3v) is 6.07. The fourth-order valence-corrected chi connectivity index (χ4v) is 4.38. The number of nitrogens with zero attached hydrogens (tertiary/aromatic N) is 1. The molecule has 0 spiro atoms. The Bertz CT molecular complexity index is 795. The number of Topliss-reactive ketones (excluding diaryl/α,β-unsaturated/α-hetero) is 1. The predicted octanol–water partition coefficient (Wildman–Crippen LogP) is 1.01. The first-order valence-corrected chi connectivity index (χ1v) is 9.55. The minimum atomic E-state index is -3.90. The normalized spacial score (nSPS) is 16.1. The molecule has 8 nitrogen and oxygen atoms in total. The zero-order valence-electron chi connectivity index (χ0n) is 14.6. The molecule has 1 saturated heterocycles. The summed E-state index contributed by atoms with van der Waals surface area (Å²) >= 11 is 0. The Balaban J connectivity index is 2.10. The fourth-order valence-electron chi connectivity index (χ4n) is 2.73. The maximum atomic E-state index is 12.9. The molecule has 1 fully saturated rings. The number of piperidine rings is 1. The molecular formula is C17H21NO7S. The third kappa shape index (κ3) is 4.47. The van der Waals surface area contributed by atoms with Crippen molar-refractivity contribution in [3.8, 4) is 0 Å². The van der Waals surface area contributed by atoms with Crippen molar-refractivity contribution in [3.05, 3.63) is 29.8 Å². The molecule has 0 amide bonds. The quantitative estimate of drug-likeness (QED) is 0.675. The van der Waals surface area contributed by atoms with Gasteiger partial charge in [0.25, 0.3) is 0 Å². The van der Waals surface area contributed by atoms with Gasteiger partial charge < -0.3 is 9.47 Å². The Labute approximate surface area is 152 Å². The lowest BCUT2D eigenvalue weighted by Gasteiger charge is -2.30. The molecule has 0 saturated carbocycles. The second kappa shape index (κ2) is 8.41. The number of ether oxygens (including phenoxy) is 2. The van der Waals surface area contributed by atoms with Crippen molar-refractivity contribution in [1.82, 2.24) is 4.31 Å². The molecule has 1 aromatic rings. The molecule has 0 unspecified atom stereocenters. The number of carbonyl (C=O) groups excluding carboxylic acids is 3. The van der Waals surface area contributed by atoms with E-state index in [1.807, 2.05) is 0 Å². The molecule has 1 heterocycles. The Hall–Kier alpha value is -2.26. The zero-order valence-corrected chi connectivity index (χ0v) is 15.5. The van der Waals surface area contributed by atoms with Gasteiger partial charge in [0, 0.05) is 13.1 Å². The monoisotopic (exact) mass is 383 g/mol. The van der Waals surface area contributed by atoms with Crippen LogP contribution in [0.1, 0.15) is 30.1 Å². The first kappa shape index (κ1) is 20.1. The highest BCUT2D eigenvalue weighted by atomic mass is 32.2. The van der Waals surface area contributed by atoms with Crippen LogP contribution in [-0.2, 0) is 29.1 Å². The highest BCUT2D eigenvalue weighted by Crippen LogP contribution is 2.26. The van der Waals surface area contributed by atoms with Gasteiger partial charge in [0.15, 0.2) is 5.78 Å². The fraction of sp³-hybridized carbons (Fsp3) is 0.471. The van der Waals surface area contributed by atoms with Crippen LogP contribution in [0.25, 0.3) is 0 Å². The maximum Gasteiger partial charge on any atom is 0.339 e. The lowest BCUT2D eigenvalue weighted by atomic mass is 9.98. The van der Waals surface area contributed by atoms with Crippen molar-refractivity contribution in [2.45, 2.75) is 24.7 Å². The number of hydrogen-bond acceptors (Lipinski definition) is 7. The molecule has 0 radical (unpaired) electrons. The average molecular weight is 383 g/mol. The number of methoxy groups -OCH3 is 1. The van der Waals surface area contributed by atoms with Gasteiger partial charge in [-0.2, -0.15) is 4.31 Å². The van der Waals surface area contributed by atoms with E-state index in [2.05, 4.69) is 4.74 Å². The summed E-state index contributed by atoms with van der Waals surface area (Å²) < 4.78 is 36.5. The van der Waals surface area contributed by atoms with Crippen LogP contribution in [0.15, 0.2) is 29.2 Å². The Kier molecular flexibility index (Phi) is 6.49. The number of ketones is 1. The molecule has 142 valence electrons. The van der Waals surface area contributed by atoms with Crippen LogP contribution in [0.2, 0.25) is 0 Å². The molecule has 1 aliphatic heterocycles. The van der Waals surface area contributed by atoms with Gasteiger partial charge in [-0.3, -0.25) is 9.59 Å². The van der Waals surface area contributed by atoms with Crippen LogP contribution in [0.3, 0.4) is 0 Å². The maximum absolute atomic E-state index is 12.9. The number of esters is 2.